The normalized spacial score (nSPS) is 21.2. The monoisotopic (exact) mass is 743 g/mol. The molecule has 0 atom stereocenters. The van der Waals surface area contributed by atoms with E-state index in [-0.39, 0.29) is 23.0 Å². The fourth-order valence-corrected chi connectivity index (χ4v) is 7.61. The molecule has 0 unspecified atom stereocenters. The van der Waals surface area contributed by atoms with Crippen LogP contribution in [0.5, 0.6) is 0 Å². The van der Waals surface area contributed by atoms with Crippen molar-refractivity contribution in [3.05, 3.63) is 40.4 Å². The lowest BCUT2D eigenvalue weighted by Gasteiger charge is -2.33. The number of nitrogens with zero attached hydrogens (tertiary/aromatic N) is 5. The van der Waals surface area contributed by atoms with Crippen molar-refractivity contribution >= 4 is 45.2 Å². The molecular weight excluding hydrogens is 694 g/mol. The molecule has 0 N–H and O–H groups in total. The average Bonchev–Trinajstić information content (AvgIpc) is 3.52. The van der Waals surface area contributed by atoms with Crippen molar-refractivity contribution in [2.75, 3.05) is 80.5 Å². The van der Waals surface area contributed by atoms with Crippen molar-refractivity contribution in [1.29, 1.82) is 0 Å². The molecule has 0 bridgehead atoms. The second-order valence-electron chi connectivity index (χ2n) is 15.6. The zero-order chi connectivity index (χ0) is 35.0. The molecule has 0 saturated carbocycles. The molecule has 5 aliphatic rings. The van der Waals surface area contributed by atoms with Crippen LogP contribution in [0.3, 0.4) is 0 Å². The first-order valence-corrected chi connectivity index (χ1v) is 18.1. The van der Waals surface area contributed by atoms with Crippen LogP contribution in [0.25, 0.3) is 0 Å². The highest BCUT2D eigenvalue weighted by Gasteiger charge is 2.49. The number of amides is 2. The average molecular weight is 745 g/mol. The maximum absolute atomic E-state index is 12.9. The van der Waals surface area contributed by atoms with Gasteiger partial charge in [-0.2, -0.15) is 0 Å². The molecule has 7 heterocycles. The number of halogens is 1. The molecule has 2 spiro atoms. The summed E-state index contributed by atoms with van der Waals surface area (Å²) in [4.78, 5) is 40.8. The quantitative estimate of drug-likeness (QED) is 0.327. The minimum absolute atomic E-state index is 0.106. The minimum Gasteiger partial charge on any atom is -0.443 e. The van der Waals surface area contributed by atoms with Gasteiger partial charge in [0.25, 0.3) is 0 Å². The summed E-state index contributed by atoms with van der Waals surface area (Å²) >= 11 is 3.45. The van der Waals surface area contributed by atoms with E-state index in [1.165, 1.54) is 0 Å². The molecule has 0 radical (unpaired) electrons. The number of carbonyl (C=O) groups excluding carboxylic acids is 2. The summed E-state index contributed by atoms with van der Waals surface area (Å²) in [7, 11) is 0. The van der Waals surface area contributed by atoms with E-state index in [4.69, 9.17) is 28.7 Å². The standard InChI is InChI=1S/C20H29N3O4.C16H21BrN2O3/c1-19(2,3)27-18(24)23-14-20(4-8-25-9-5-20)17-16(23)12-15(13-21-17)22-6-10-26-11-7-22;1-15(2,3)22-14(20)19-10-16(4-6-21-7-5-16)13-12(19)8-11(17)9-18-13/h12-13H,4-11,14H2,1-3H3;8-9H,4-7,10H2,1-3H3. The van der Waals surface area contributed by atoms with E-state index in [0.717, 1.165) is 71.7 Å². The molecule has 7 rings (SSSR count). The van der Waals surface area contributed by atoms with Crippen molar-refractivity contribution in [2.24, 2.45) is 0 Å². The lowest BCUT2D eigenvalue weighted by Crippen LogP contribution is -2.42. The van der Waals surface area contributed by atoms with Gasteiger partial charge < -0.3 is 28.6 Å². The molecule has 0 aliphatic carbocycles. The van der Waals surface area contributed by atoms with E-state index >= 15 is 0 Å². The van der Waals surface area contributed by atoms with Crippen LogP contribution in [0.1, 0.15) is 78.6 Å². The Bertz CT molecular complexity index is 1520. The van der Waals surface area contributed by atoms with Gasteiger partial charge in [0.1, 0.15) is 11.2 Å². The smallest absolute Gasteiger partial charge is 0.414 e. The van der Waals surface area contributed by atoms with Crippen molar-refractivity contribution in [2.45, 2.75) is 89.3 Å². The number of rotatable bonds is 1. The number of pyridine rings is 2. The second kappa shape index (κ2) is 14.0. The maximum Gasteiger partial charge on any atom is 0.414 e. The summed E-state index contributed by atoms with van der Waals surface area (Å²) in [5.41, 5.74) is 3.49. The number of anilines is 3. The van der Waals surface area contributed by atoms with Crippen LogP contribution in [0.2, 0.25) is 0 Å². The van der Waals surface area contributed by atoms with Crippen LogP contribution in [0.4, 0.5) is 26.7 Å². The van der Waals surface area contributed by atoms with E-state index in [1.54, 1.807) is 16.0 Å². The lowest BCUT2D eigenvalue weighted by molar-refractivity contribution is 0.0465. The number of ether oxygens (including phenoxy) is 5. The van der Waals surface area contributed by atoms with E-state index in [9.17, 15) is 9.59 Å². The molecule has 5 aliphatic heterocycles. The second-order valence-corrected chi connectivity index (χ2v) is 16.5. The van der Waals surface area contributed by atoms with Gasteiger partial charge in [0, 0.05) is 74.1 Å². The van der Waals surface area contributed by atoms with Crippen molar-refractivity contribution in [3.8, 4) is 0 Å². The van der Waals surface area contributed by atoms with Gasteiger partial charge in [-0.15, -0.1) is 0 Å². The van der Waals surface area contributed by atoms with Crippen LogP contribution < -0.4 is 14.7 Å². The summed E-state index contributed by atoms with van der Waals surface area (Å²) in [6, 6.07) is 4.05. The molecule has 2 aromatic rings. The Balaban J connectivity index is 0.000000174. The van der Waals surface area contributed by atoms with Gasteiger partial charge in [0.2, 0.25) is 0 Å². The number of hydrogen-bond donors (Lipinski definition) is 0. The zero-order valence-electron chi connectivity index (χ0n) is 29.7. The fourth-order valence-electron chi connectivity index (χ4n) is 7.29. The lowest BCUT2D eigenvalue weighted by atomic mass is 9.78. The van der Waals surface area contributed by atoms with Gasteiger partial charge in [-0.05, 0) is 95.3 Å². The summed E-state index contributed by atoms with van der Waals surface area (Å²) < 4.78 is 28.7. The van der Waals surface area contributed by atoms with Crippen molar-refractivity contribution < 1.29 is 33.3 Å². The fraction of sp³-hybridized carbons (Fsp3) is 0.667. The molecular formula is C36H50BrN5O7. The predicted molar refractivity (Wildman–Crippen MR) is 190 cm³/mol. The van der Waals surface area contributed by atoms with Crippen LogP contribution in [-0.4, -0.2) is 99.2 Å². The first-order chi connectivity index (χ1) is 23.2. The Morgan fingerprint density at radius 1 is 0.694 bits per heavy atom. The number of carbonyl (C=O) groups is 2. The summed E-state index contributed by atoms with van der Waals surface area (Å²) in [6.07, 6.45) is 6.66. The van der Waals surface area contributed by atoms with Crippen LogP contribution >= 0.6 is 15.9 Å². The third-order valence-corrected chi connectivity index (χ3v) is 10.1. The first kappa shape index (κ1) is 35.8. The van der Waals surface area contributed by atoms with Crippen molar-refractivity contribution in [3.63, 3.8) is 0 Å². The van der Waals surface area contributed by atoms with Crippen molar-refractivity contribution in [1.82, 2.24) is 9.97 Å². The van der Waals surface area contributed by atoms with Gasteiger partial charge in [-0.1, -0.05) is 0 Å². The van der Waals surface area contributed by atoms with Crippen LogP contribution in [0, 0.1) is 0 Å². The van der Waals surface area contributed by atoms with Crippen LogP contribution in [0.15, 0.2) is 29.0 Å². The summed E-state index contributed by atoms with van der Waals surface area (Å²) in [5, 5.41) is 0. The molecule has 2 aromatic heterocycles. The van der Waals surface area contributed by atoms with E-state index in [1.807, 2.05) is 53.8 Å². The summed E-state index contributed by atoms with van der Waals surface area (Å²) in [6.45, 7) is 18.5. The van der Waals surface area contributed by atoms with E-state index < -0.39 is 11.2 Å². The number of fused-ring (bicyclic) bond motifs is 4. The van der Waals surface area contributed by atoms with Crippen LogP contribution in [-0.2, 0) is 34.5 Å². The first-order valence-electron chi connectivity index (χ1n) is 17.3. The Morgan fingerprint density at radius 2 is 1.12 bits per heavy atom. The number of aromatic nitrogens is 2. The largest absolute Gasteiger partial charge is 0.443 e. The highest BCUT2D eigenvalue weighted by Crippen LogP contribution is 2.48. The molecule has 268 valence electrons. The molecule has 3 saturated heterocycles. The molecule has 12 nitrogen and oxygen atoms in total. The topological polar surface area (TPSA) is 116 Å². The van der Waals surface area contributed by atoms with Gasteiger partial charge in [-0.3, -0.25) is 19.8 Å². The Hall–Kier alpha value is -3.00. The highest BCUT2D eigenvalue weighted by molar-refractivity contribution is 9.10. The van der Waals surface area contributed by atoms with E-state index in [2.05, 4.69) is 31.9 Å². The molecule has 13 heteroatoms. The Kier molecular flexibility index (Phi) is 10.2. The maximum atomic E-state index is 12.9. The number of morpholine rings is 1. The third-order valence-electron chi connectivity index (χ3n) is 9.70. The van der Waals surface area contributed by atoms with E-state index in [0.29, 0.717) is 52.7 Å². The van der Waals surface area contributed by atoms with Gasteiger partial charge in [0.15, 0.2) is 0 Å². The highest BCUT2D eigenvalue weighted by atomic mass is 79.9. The summed E-state index contributed by atoms with van der Waals surface area (Å²) in [5.74, 6) is 0. The Labute approximate surface area is 297 Å². The minimum atomic E-state index is -0.530. The van der Waals surface area contributed by atoms with Gasteiger partial charge in [0.05, 0.1) is 47.9 Å². The van der Waals surface area contributed by atoms with Gasteiger partial charge >= 0.3 is 12.2 Å². The Morgan fingerprint density at radius 3 is 1.59 bits per heavy atom. The molecule has 3 fully saturated rings. The zero-order valence-corrected chi connectivity index (χ0v) is 31.3. The predicted octanol–water partition coefficient (Wildman–Crippen LogP) is 6.37. The molecule has 2 amide bonds. The van der Waals surface area contributed by atoms with Gasteiger partial charge in [-0.25, -0.2) is 9.59 Å². The molecule has 0 aromatic carbocycles. The third kappa shape index (κ3) is 7.84. The molecule has 49 heavy (non-hydrogen) atoms. The number of hydrogen-bond acceptors (Lipinski definition) is 10. The SMILES string of the molecule is CC(C)(C)OC(=O)N1CC2(CCOCC2)c2ncc(Br)cc21.CC(C)(C)OC(=O)N1CC2(CCOCC2)c2ncc(N3CCOCC3)cc21.